The zero-order valence-corrected chi connectivity index (χ0v) is 20.2. The second kappa shape index (κ2) is 9.64. The number of rotatable bonds is 6. The standard InChI is InChI=1S/C29H22N2O4S/c1-21-12-18-26(19-13-21)36(33,34)35-25-16-14-22(15-17-25)20-27-28(23-8-4-2-5-9-23)30-31(29(27)32)24-10-6-3-7-11-24/h2-20H,1H3/b27-20-. The lowest BCUT2D eigenvalue weighted by atomic mass is 10.0. The van der Waals surface area contributed by atoms with Gasteiger partial charge in [-0.05, 0) is 55.0 Å². The molecule has 0 bridgehead atoms. The van der Waals surface area contributed by atoms with Crippen LogP contribution in [-0.4, -0.2) is 20.0 Å². The molecule has 0 unspecified atom stereocenters. The number of para-hydroxylation sites is 1. The number of carbonyl (C=O) groups excluding carboxylic acids is 1. The van der Waals surface area contributed by atoms with E-state index >= 15 is 0 Å². The van der Waals surface area contributed by atoms with E-state index in [-0.39, 0.29) is 16.6 Å². The molecule has 6 nitrogen and oxygen atoms in total. The Balaban J connectivity index is 1.44. The van der Waals surface area contributed by atoms with E-state index in [1.54, 1.807) is 42.5 Å². The summed E-state index contributed by atoms with van der Waals surface area (Å²) in [6.07, 6.45) is 1.75. The van der Waals surface area contributed by atoms with Crippen LogP contribution in [0.25, 0.3) is 6.08 Å². The highest BCUT2D eigenvalue weighted by Crippen LogP contribution is 2.28. The first-order valence-corrected chi connectivity index (χ1v) is 12.7. The first-order chi connectivity index (χ1) is 17.4. The van der Waals surface area contributed by atoms with Gasteiger partial charge in [0.15, 0.2) is 0 Å². The number of nitrogens with zero attached hydrogens (tertiary/aromatic N) is 2. The van der Waals surface area contributed by atoms with Gasteiger partial charge >= 0.3 is 10.1 Å². The van der Waals surface area contributed by atoms with Crippen LogP contribution < -0.4 is 9.19 Å². The van der Waals surface area contributed by atoms with Gasteiger partial charge in [-0.15, -0.1) is 0 Å². The van der Waals surface area contributed by atoms with Crippen molar-refractivity contribution in [3.63, 3.8) is 0 Å². The molecule has 0 saturated carbocycles. The third-order valence-electron chi connectivity index (χ3n) is 5.63. The SMILES string of the molecule is Cc1ccc(S(=O)(=O)Oc2ccc(/C=C3\C(=O)N(c4ccccc4)N=C3c3ccccc3)cc2)cc1. The Morgan fingerprint density at radius 2 is 1.39 bits per heavy atom. The van der Waals surface area contributed by atoms with Crippen LogP contribution >= 0.6 is 0 Å². The Bertz CT molecular complexity index is 1560. The Kier molecular flexibility index (Phi) is 6.23. The fourth-order valence-corrected chi connectivity index (χ4v) is 4.69. The van der Waals surface area contributed by atoms with E-state index in [0.29, 0.717) is 22.5 Å². The van der Waals surface area contributed by atoms with Crippen molar-refractivity contribution in [3.8, 4) is 5.75 Å². The van der Waals surface area contributed by atoms with E-state index in [4.69, 9.17) is 4.18 Å². The lowest BCUT2D eigenvalue weighted by Crippen LogP contribution is -2.21. The molecule has 4 aromatic rings. The molecule has 0 saturated heterocycles. The lowest BCUT2D eigenvalue weighted by molar-refractivity contribution is -0.114. The van der Waals surface area contributed by atoms with E-state index < -0.39 is 10.1 Å². The molecule has 0 radical (unpaired) electrons. The Morgan fingerprint density at radius 3 is 2.03 bits per heavy atom. The highest BCUT2D eigenvalue weighted by molar-refractivity contribution is 7.87. The molecular formula is C29H22N2O4S. The zero-order valence-electron chi connectivity index (χ0n) is 19.4. The van der Waals surface area contributed by atoms with Crippen LogP contribution in [0.5, 0.6) is 5.75 Å². The van der Waals surface area contributed by atoms with Crippen molar-refractivity contribution in [3.05, 3.63) is 131 Å². The summed E-state index contributed by atoms with van der Waals surface area (Å²) in [5, 5.41) is 6.01. The van der Waals surface area contributed by atoms with Gasteiger partial charge in [0.25, 0.3) is 5.91 Å². The van der Waals surface area contributed by atoms with E-state index in [2.05, 4.69) is 5.10 Å². The van der Waals surface area contributed by atoms with Crippen molar-refractivity contribution in [1.29, 1.82) is 0 Å². The molecule has 1 aliphatic heterocycles. The summed E-state index contributed by atoms with van der Waals surface area (Å²) in [4.78, 5) is 13.5. The van der Waals surface area contributed by atoms with Crippen LogP contribution in [0, 0.1) is 6.92 Å². The summed E-state index contributed by atoms with van der Waals surface area (Å²) in [6, 6.07) is 31.7. The number of anilines is 1. The molecule has 7 heteroatoms. The van der Waals surface area contributed by atoms with Gasteiger partial charge in [0.2, 0.25) is 0 Å². The monoisotopic (exact) mass is 494 g/mol. The lowest BCUT2D eigenvalue weighted by Gasteiger charge is -2.11. The first kappa shape index (κ1) is 23.3. The molecule has 1 amide bonds. The van der Waals surface area contributed by atoms with Gasteiger partial charge in [0.1, 0.15) is 16.4 Å². The van der Waals surface area contributed by atoms with Crippen LogP contribution in [0.4, 0.5) is 5.69 Å². The van der Waals surface area contributed by atoms with Crippen LogP contribution in [0.1, 0.15) is 16.7 Å². The summed E-state index contributed by atoms with van der Waals surface area (Å²) in [5.74, 6) is -0.0688. The van der Waals surface area contributed by atoms with Crippen LogP contribution in [-0.2, 0) is 14.9 Å². The third-order valence-corrected chi connectivity index (χ3v) is 6.89. The van der Waals surface area contributed by atoms with Crippen LogP contribution in [0.15, 0.2) is 125 Å². The predicted octanol–water partition coefficient (Wildman–Crippen LogP) is 5.60. The van der Waals surface area contributed by atoms with Gasteiger partial charge in [-0.1, -0.05) is 78.4 Å². The largest absolute Gasteiger partial charge is 0.379 e. The van der Waals surface area contributed by atoms with E-state index in [1.165, 1.54) is 17.1 Å². The molecule has 36 heavy (non-hydrogen) atoms. The minimum atomic E-state index is -3.95. The topological polar surface area (TPSA) is 76.0 Å². The number of aryl methyl sites for hydroxylation is 1. The van der Waals surface area contributed by atoms with E-state index in [0.717, 1.165) is 11.1 Å². The maximum atomic E-state index is 13.4. The molecule has 0 spiro atoms. The van der Waals surface area contributed by atoms with Crippen molar-refractivity contribution >= 4 is 33.5 Å². The second-order valence-corrected chi connectivity index (χ2v) is 9.79. The number of hydrogen-bond donors (Lipinski definition) is 0. The van der Waals surface area contributed by atoms with Gasteiger partial charge in [0, 0.05) is 5.56 Å². The summed E-state index contributed by atoms with van der Waals surface area (Å²) >= 11 is 0. The van der Waals surface area contributed by atoms with Crippen molar-refractivity contribution in [1.82, 2.24) is 0 Å². The van der Waals surface area contributed by atoms with Crippen LogP contribution in [0.2, 0.25) is 0 Å². The summed E-state index contributed by atoms with van der Waals surface area (Å²) in [6.45, 7) is 1.88. The molecule has 0 atom stereocenters. The van der Waals surface area contributed by atoms with Gasteiger partial charge < -0.3 is 4.18 Å². The summed E-state index contributed by atoms with van der Waals surface area (Å²) in [7, 11) is -3.95. The van der Waals surface area contributed by atoms with Crippen molar-refractivity contribution in [2.45, 2.75) is 11.8 Å². The zero-order chi connectivity index (χ0) is 25.1. The van der Waals surface area contributed by atoms with E-state index in [9.17, 15) is 13.2 Å². The minimum Gasteiger partial charge on any atom is -0.379 e. The molecule has 0 aromatic heterocycles. The van der Waals surface area contributed by atoms with Crippen LogP contribution in [0.3, 0.4) is 0 Å². The fraction of sp³-hybridized carbons (Fsp3) is 0.0345. The van der Waals surface area contributed by atoms with E-state index in [1.807, 2.05) is 67.6 Å². The summed E-state index contributed by atoms with van der Waals surface area (Å²) in [5.41, 5.74) is 4.15. The molecule has 0 fully saturated rings. The van der Waals surface area contributed by atoms with Gasteiger partial charge in [-0.25, -0.2) is 0 Å². The minimum absolute atomic E-state index is 0.0839. The first-order valence-electron chi connectivity index (χ1n) is 11.3. The number of hydrogen-bond acceptors (Lipinski definition) is 5. The molecule has 4 aromatic carbocycles. The number of benzene rings is 4. The Morgan fingerprint density at radius 1 is 0.778 bits per heavy atom. The fourth-order valence-electron chi connectivity index (χ4n) is 3.76. The second-order valence-electron chi connectivity index (χ2n) is 8.24. The quantitative estimate of drug-likeness (QED) is 0.258. The number of hydrazone groups is 1. The molecule has 0 N–H and O–H groups in total. The predicted molar refractivity (Wildman–Crippen MR) is 140 cm³/mol. The summed E-state index contributed by atoms with van der Waals surface area (Å²) < 4.78 is 30.5. The molecule has 178 valence electrons. The van der Waals surface area contributed by atoms with Crippen molar-refractivity contribution < 1.29 is 17.4 Å². The average Bonchev–Trinajstić information content (AvgIpc) is 3.22. The molecule has 0 aliphatic carbocycles. The van der Waals surface area contributed by atoms with Crippen molar-refractivity contribution in [2.75, 3.05) is 5.01 Å². The molecule has 1 aliphatic rings. The number of amides is 1. The maximum Gasteiger partial charge on any atom is 0.339 e. The Hall–Kier alpha value is -4.49. The molecule has 5 rings (SSSR count). The maximum absolute atomic E-state index is 13.4. The van der Waals surface area contributed by atoms with Gasteiger partial charge in [-0.3, -0.25) is 4.79 Å². The third kappa shape index (κ3) is 4.82. The Labute approximate surface area is 209 Å². The molecule has 1 heterocycles. The van der Waals surface area contributed by atoms with Crippen molar-refractivity contribution in [2.24, 2.45) is 5.10 Å². The average molecular weight is 495 g/mol. The smallest absolute Gasteiger partial charge is 0.339 e. The highest BCUT2D eigenvalue weighted by Gasteiger charge is 2.31. The highest BCUT2D eigenvalue weighted by atomic mass is 32.2. The molecular weight excluding hydrogens is 472 g/mol. The van der Waals surface area contributed by atoms with Gasteiger partial charge in [0.05, 0.1) is 11.3 Å². The van der Waals surface area contributed by atoms with Gasteiger partial charge in [-0.2, -0.15) is 18.5 Å². The number of carbonyl (C=O) groups is 1. The normalized spacial score (nSPS) is 14.7.